The number of carbonyl (C=O) groups excluding carboxylic acids is 2. The van der Waals surface area contributed by atoms with Crippen LogP contribution >= 0.6 is 11.3 Å². The number of rotatable bonds is 7. The molecular formula is C30H25N3O5S2. The first-order chi connectivity index (χ1) is 19.2. The number of thiazole rings is 1. The average Bonchev–Trinajstić information content (AvgIpc) is 3.67. The van der Waals surface area contributed by atoms with Crippen LogP contribution in [0.1, 0.15) is 23.3 Å². The van der Waals surface area contributed by atoms with Crippen molar-refractivity contribution in [1.29, 1.82) is 0 Å². The molecular weight excluding hydrogens is 546 g/mol. The van der Waals surface area contributed by atoms with E-state index in [0.717, 1.165) is 41.1 Å². The molecule has 0 saturated carbocycles. The Hall–Kier alpha value is -4.12. The topological polar surface area (TPSA) is 101 Å². The monoisotopic (exact) mass is 571 g/mol. The van der Waals surface area contributed by atoms with Crippen LogP contribution in [-0.4, -0.2) is 35.6 Å². The lowest BCUT2D eigenvalue weighted by Gasteiger charge is -2.26. The van der Waals surface area contributed by atoms with Crippen molar-refractivity contribution in [2.45, 2.75) is 37.8 Å². The first kappa shape index (κ1) is 26.1. The second kappa shape index (κ2) is 10.1. The van der Waals surface area contributed by atoms with Crippen LogP contribution in [0.4, 0.5) is 5.69 Å². The highest BCUT2D eigenvalue weighted by Gasteiger charge is 2.47. The molecule has 8 nitrogen and oxygen atoms in total. The number of imide groups is 1. The predicted octanol–water partition coefficient (Wildman–Crippen LogP) is 5.70. The van der Waals surface area contributed by atoms with E-state index in [4.69, 9.17) is 9.40 Å². The van der Waals surface area contributed by atoms with E-state index in [1.807, 2.05) is 38.1 Å². The molecule has 0 radical (unpaired) electrons. The highest BCUT2D eigenvalue weighted by Crippen LogP contribution is 2.34. The third kappa shape index (κ3) is 4.74. The van der Waals surface area contributed by atoms with E-state index >= 15 is 0 Å². The van der Waals surface area contributed by atoms with Crippen molar-refractivity contribution < 1.29 is 22.4 Å². The summed E-state index contributed by atoms with van der Waals surface area (Å²) in [5, 5.41) is 0.831. The van der Waals surface area contributed by atoms with Crippen LogP contribution in [0.2, 0.25) is 0 Å². The number of sulfonamides is 1. The van der Waals surface area contributed by atoms with Crippen molar-refractivity contribution in [3.05, 3.63) is 102 Å². The first-order valence-electron chi connectivity index (χ1n) is 12.7. The Bertz CT molecular complexity index is 1830. The molecule has 0 N–H and O–H groups in total. The van der Waals surface area contributed by atoms with Gasteiger partial charge >= 0.3 is 0 Å². The number of fused-ring (bicyclic) bond motifs is 1. The summed E-state index contributed by atoms with van der Waals surface area (Å²) < 4.78 is 35.0. The molecule has 0 aliphatic carbocycles. The molecule has 1 atom stereocenters. The Morgan fingerprint density at radius 3 is 2.40 bits per heavy atom. The smallest absolute Gasteiger partial charge is 0.252 e. The molecule has 0 spiro atoms. The van der Waals surface area contributed by atoms with E-state index in [9.17, 15) is 18.0 Å². The third-order valence-corrected chi connectivity index (χ3v) is 9.84. The highest BCUT2D eigenvalue weighted by molar-refractivity contribution is 7.89. The van der Waals surface area contributed by atoms with Gasteiger partial charge in [0.15, 0.2) is 0 Å². The molecule has 0 bridgehead atoms. The number of hydrogen-bond donors (Lipinski definition) is 0. The van der Waals surface area contributed by atoms with E-state index in [0.29, 0.717) is 11.4 Å². The maximum Gasteiger partial charge on any atom is 0.252 e. The normalized spacial score (nSPS) is 16.0. The van der Waals surface area contributed by atoms with Gasteiger partial charge in [-0.3, -0.25) is 9.59 Å². The number of carbonyl (C=O) groups is 2. The molecule has 1 saturated heterocycles. The van der Waals surface area contributed by atoms with Gasteiger partial charge in [0.05, 0.1) is 40.0 Å². The van der Waals surface area contributed by atoms with Crippen LogP contribution in [0.25, 0.3) is 20.8 Å². The largest absolute Gasteiger partial charge is 0.468 e. The second-order valence-corrected chi connectivity index (χ2v) is 12.7. The van der Waals surface area contributed by atoms with Gasteiger partial charge in [-0.05, 0) is 80.1 Å². The zero-order chi connectivity index (χ0) is 28.0. The van der Waals surface area contributed by atoms with E-state index in [1.54, 1.807) is 47.7 Å². The van der Waals surface area contributed by atoms with Gasteiger partial charge < -0.3 is 4.42 Å². The molecule has 40 heavy (non-hydrogen) atoms. The number of nitrogens with zero attached hydrogens (tertiary/aromatic N) is 3. The maximum atomic E-state index is 13.7. The summed E-state index contributed by atoms with van der Waals surface area (Å²) in [6.45, 7) is 3.71. The van der Waals surface area contributed by atoms with Crippen molar-refractivity contribution in [2.24, 2.45) is 0 Å². The zero-order valence-electron chi connectivity index (χ0n) is 21.8. The molecule has 2 aromatic heterocycles. The highest BCUT2D eigenvalue weighted by atomic mass is 32.2. The molecule has 6 rings (SSSR count). The van der Waals surface area contributed by atoms with Crippen LogP contribution in [0.3, 0.4) is 0 Å². The molecule has 3 aromatic carbocycles. The number of benzene rings is 3. The average molecular weight is 572 g/mol. The van der Waals surface area contributed by atoms with Crippen LogP contribution < -0.4 is 4.90 Å². The summed E-state index contributed by atoms with van der Waals surface area (Å²) in [5.41, 5.74) is 4.21. The van der Waals surface area contributed by atoms with Crippen molar-refractivity contribution in [1.82, 2.24) is 9.29 Å². The number of furan rings is 1. The summed E-state index contributed by atoms with van der Waals surface area (Å²) >= 11 is 1.57. The summed E-state index contributed by atoms with van der Waals surface area (Å²) in [5.74, 6) is -0.706. The molecule has 3 heterocycles. The van der Waals surface area contributed by atoms with Crippen molar-refractivity contribution in [3.8, 4) is 10.6 Å². The quantitative estimate of drug-likeness (QED) is 0.233. The standard InChI is InChI=1S/C30H25N3O5S2/c1-19-5-12-24(13-6-19)40(36,37)32(18-23-4-3-15-38-23)26-17-28(34)33(30(26)35)22-10-8-21(9-11-22)29-31-25-14-7-20(2)16-27(25)39-29/h3-16,26H,17-18H2,1-2H3. The van der Waals surface area contributed by atoms with Gasteiger partial charge in [0.1, 0.15) is 16.8 Å². The first-order valence-corrected chi connectivity index (χ1v) is 14.9. The van der Waals surface area contributed by atoms with Crippen LogP contribution in [0, 0.1) is 13.8 Å². The molecule has 202 valence electrons. The second-order valence-electron chi connectivity index (χ2n) is 9.77. The Morgan fingerprint density at radius 1 is 0.975 bits per heavy atom. The van der Waals surface area contributed by atoms with Gasteiger partial charge in [-0.2, -0.15) is 4.31 Å². The summed E-state index contributed by atoms with van der Waals surface area (Å²) in [7, 11) is -4.13. The third-order valence-electron chi connectivity index (χ3n) is 6.91. The van der Waals surface area contributed by atoms with Gasteiger partial charge in [-0.1, -0.05) is 23.8 Å². The number of aromatic nitrogens is 1. The van der Waals surface area contributed by atoms with Gasteiger partial charge in [-0.15, -0.1) is 11.3 Å². The lowest BCUT2D eigenvalue weighted by Crippen LogP contribution is -2.45. The van der Waals surface area contributed by atoms with E-state index in [2.05, 4.69) is 6.07 Å². The molecule has 10 heteroatoms. The summed E-state index contributed by atoms with van der Waals surface area (Å²) in [6, 6.07) is 21.6. The Balaban J connectivity index is 1.30. The number of amides is 2. The fourth-order valence-electron chi connectivity index (χ4n) is 4.78. The van der Waals surface area contributed by atoms with Gasteiger partial charge in [-0.25, -0.2) is 18.3 Å². The van der Waals surface area contributed by atoms with Crippen LogP contribution in [0.5, 0.6) is 0 Å². The minimum Gasteiger partial charge on any atom is -0.468 e. The van der Waals surface area contributed by atoms with Gasteiger partial charge in [0.25, 0.3) is 5.91 Å². The number of aryl methyl sites for hydroxylation is 2. The van der Waals surface area contributed by atoms with Crippen LogP contribution in [0.15, 0.2) is 94.4 Å². The van der Waals surface area contributed by atoms with Crippen molar-refractivity contribution in [3.63, 3.8) is 0 Å². The van der Waals surface area contributed by atoms with E-state index in [-0.39, 0.29) is 17.9 Å². The SMILES string of the molecule is Cc1ccc(S(=O)(=O)N(Cc2ccco2)C2CC(=O)N(c3ccc(-c4nc5ccc(C)cc5s4)cc3)C2=O)cc1. The fourth-order valence-corrected chi connectivity index (χ4v) is 7.40. The maximum absolute atomic E-state index is 13.7. The Kier molecular flexibility index (Phi) is 6.61. The molecule has 1 aliphatic rings. The Morgan fingerprint density at radius 2 is 1.70 bits per heavy atom. The predicted molar refractivity (Wildman–Crippen MR) is 153 cm³/mol. The zero-order valence-corrected chi connectivity index (χ0v) is 23.4. The number of anilines is 1. The lowest BCUT2D eigenvalue weighted by atomic mass is 10.2. The molecule has 5 aromatic rings. The van der Waals surface area contributed by atoms with Crippen molar-refractivity contribution >= 4 is 49.1 Å². The Labute approximate surface area is 235 Å². The minimum absolute atomic E-state index is 0.0405. The van der Waals surface area contributed by atoms with Gasteiger partial charge in [0.2, 0.25) is 15.9 Å². The lowest BCUT2D eigenvalue weighted by molar-refractivity contribution is -0.122. The van der Waals surface area contributed by atoms with E-state index in [1.165, 1.54) is 18.4 Å². The van der Waals surface area contributed by atoms with Gasteiger partial charge in [0, 0.05) is 5.56 Å². The molecule has 1 unspecified atom stereocenters. The molecule has 1 aliphatic heterocycles. The molecule has 2 amide bonds. The fraction of sp³-hybridized carbons (Fsp3) is 0.167. The summed E-state index contributed by atoms with van der Waals surface area (Å²) in [4.78, 5) is 32.7. The van der Waals surface area contributed by atoms with E-state index < -0.39 is 27.9 Å². The number of hydrogen-bond acceptors (Lipinski definition) is 7. The molecule has 1 fully saturated rings. The van der Waals surface area contributed by atoms with Crippen LogP contribution in [-0.2, 0) is 26.2 Å². The van der Waals surface area contributed by atoms with Crippen molar-refractivity contribution in [2.75, 3.05) is 4.90 Å². The minimum atomic E-state index is -4.13. The summed E-state index contributed by atoms with van der Waals surface area (Å²) in [6.07, 6.45) is 1.16.